The lowest BCUT2D eigenvalue weighted by Gasteiger charge is -2.29. The van der Waals surface area contributed by atoms with Gasteiger partial charge in [0.05, 0.1) is 11.6 Å². The van der Waals surface area contributed by atoms with Crippen LogP contribution in [-0.4, -0.2) is 13.2 Å². The van der Waals surface area contributed by atoms with Gasteiger partial charge in [0.15, 0.2) is 0 Å². The van der Waals surface area contributed by atoms with Crippen molar-refractivity contribution in [3.05, 3.63) is 29.3 Å². The predicted molar refractivity (Wildman–Crippen MR) is 76.1 cm³/mol. The first-order valence-corrected chi connectivity index (χ1v) is 7.26. The summed E-state index contributed by atoms with van der Waals surface area (Å²) in [6, 6.07) is 7.63. The second kappa shape index (κ2) is 7.01. The van der Waals surface area contributed by atoms with E-state index in [9.17, 15) is 0 Å². The third kappa shape index (κ3) is 3.63. The van der Waals surface area contributed by atoms with Gasteiger partial charge in [-0.15, -0.1) is 0 Å². The summed E-state index contributed by atoms with van der Waals surface area (Å²) < 4.78 is 5.83. The molecule has 2 nitrogen and oxygen atoms in total. The smallest absolute Gasteiger partial charge is 0.137 e. The van der Waals surface area contributed by atoms with Gasteiger partial charge in [-0.1, -0.05) is 55.8 Å². The van der Waals surface area contributed by atoms with Gasteiger partial charge in [-0.05, 0) is 24.6 Å². The van der Waals surface area contributed by atoms with Crippen LogP contribution >= 0.6 is 11.6 Å². The highest BCUT2D eigenvalue weighted by molar-refractivity contribution is 6.32. The van der Waals surface area contributed by atoms with E-state index in [2.05, 4.69) is 0 Å². The molecule has 3 heteroatoms. The van der Waals surface area contributed by atoms with Crippen LogP contribution in [0.5, 0.6) is 5.75 Å². The Labute approximate surface area is 114 Å². The summed E-state index contributed by atoms with van der Waals surface area (Å²) in [4.78, 5) is 0. The summed E-state index contributed by atoms with van der Waals surface area (Å²) in [5, 5.41) is 0.678. The quantitative estimate of drug-likeness (QED) is 0.879. The fraction of sp³-hybridized carbons (Fsp3) is 0.600. The van der Waals surface area contributed by atoms with Crippen molar-refractivity contribution in [3.63, 3.8) is 0 Å². The van der Waals surface area contributed by atoms with Crippen LogP contribution in [0, 0.1) is 11.8 Å². The fourth-order valence-electron chi connectivity index (χ4n) is 2.76. The first-order chi connectivity index (χ1) is 8.81. The van der Waals surface area contributed by atoms with E-state index in [1.165, 1.54) is 32.1 Å². The number of halogens is 1. The van der Waals surface area contributed by atoms with Crippen LogP contribution in [-0.2, 0) is 0 Å². The number of nitrogens with two attached hydrogens (primary N) is 1. The molecule has 0 saturated heterocycles. The molecule has 0 bridgehead atoms. The van der Waals surface area contributed by atoms with Gasteiger partial charge in [0.1, 0.15) is 5.75 Å². The van der Waals surface area contributed by atoms with Gasteiger partial charge in [0, 0.05) is 5.92 Å². The van der Waals surface area contributed by atoms with E-state index in [4.69, 9.17) is 22.1 Å². The highest BCUT2D eigenvalue weighted by Crippen LogP contribution is 2.31. The number of para-hydroxylation sites is 1. The molecule has 1 saturated carbocycles. The van der Waals surface area contributed by atoms with Crippen molar-refractivity contribution >= 4 is 11.6 Å². The molecule has 1 atom stereocenters. The number of rotatable bonds is 5. The van der Waals surface area contributed by atoms with E-state index in [1.807, 2.05) is 24.3 Å². The Morgan fingerprint density at radius 3 is 2.61 bits per heavy atom. The molecule has 0 amide bonds. The lowest BCUT2D eigenvalue weighted by atomic mass is 9.80. The first kappa shape index (κ1) is 13.7. The van der Waals surface area contributed by atoms with Crippen LogP contribution in [0.1, 0.15) is 32.1 Å². The molecule has 1 aliphatic carbocycles. The number of hydrogen-bond acceptors (Lipinski definition) is 2. The minimum Gasteiger partial charge on any atom is -0.492 e. The zero-order valence-electron chi connectivity index (χ0n) is 10.8. The molecule has 0 spiro atoms. The Kier molecular flexibility index (Phi) is 5.33. The van der Waals surface area contributed by atoms with E-state index >= 15 is 0 Å². The topological polar surface area (TPSA) is 35.2 Å². The van der Waals surface area contributed by atoms with Gasteiger partial charge in [0.2, 0.25) is 0 Å². The molecule has 1 aliphatic rings. The molecule has 100 valence electrons. The lowest BCUT2D eigenvalue weighted by molar-refractivity contribution is 0.167. The lowest BCUT2D eigenvalue weighted by Crippen LogP contribution is -2.30. The SMILES string of the molecule is NCC(COc1ccccc1Cl)C1CCCCC1. The molecule has 1 aromatic rings. The largest absolute Gasteiger partial charge is 0.492 e. The van der Waals surface area contributed by atoms with E-state index in [0.29, 0.717) is 24.1 Å². The third-order valence-corrected chi connectivity index (χ3v) is 4.22. The molecule has 1 unspecified atom stereocenters. The molecular formula is C15H22ClNO. The maximum absolute atomic E-state index is 6.08. The standard InChI is InChI=1S/C15H22ClNO/c16-14-8-4-5-9-15(14)18-11-13(10-17)12-6-2-1-3-7-12/h4-5,8-9,12-13H,1-3,6-7,10-11,17H2. The minimum absolute atomic E-state index is 0.460. The zero-order valence-corrected chi connectivity index (χ0v) is 11.5. The monoisotopic (exact) mass is 267 g/mol. The van der Waals surface area contributed by atoms with Crippen molar-refractivity contribution in [3.8, 4) is 5.75 Å². The van der Waals surface area contributed by atoms with E-state index in [0.717, 1.165) is 11.7 Å². The van der Waals surface area contributed by atoms with Crippen LogP contribution in [0.2, 0.25) is 5.02 Å². The Balaban J connectivity index is 1.88. The summed E-state index contributed by atoms with van der Waals surface area (Å²) in [7, 11) is 0. The van der Waals surface area contributed by atoms with Crippen LogP contribution < -0.4 is 10.5 Å². The molecule has 0 aromatic heterocycles. The van der Waals surface area contributed by atoms with Gasteiger partial charge >= 0.3 is 0 Å². The van der Waals surface area contributed by atoms with Crippen LogP contribution in [0.25, 0.3) is 0 Å². The Hall–Kier alpha value is -0.730. The summed E-state index contributed by atoms with van der Waals surface area (Å²) in [6.07, 6.45) is 6.65. The van der Waals surface area contributed by atoms with E-state index in [-0.39, 0.29) is 0 Å². The molecule has 0 heterocycles. The van der Waals surface area contributed by atoms with Gasteiger partial charge in [-0.2, -0.15) is 0 Å². The van der Waals surface area contributed by atoms with Crippen LogP contribution in [0.4, 0.5) is 0 Å². The fourth-order valence-corrected chi connectivity index (χ4v) is 2.95. The Morgan fingerprint density at radius 1 is 1.22 bits per heavy atom. The summed E-state index contributed by atoms with van der Waals surface area (Å²) in [5.41, 5.74) is 5.89. The molecular weight excluding hydrogens is 246 g/mol. The van der Waals surface area contributed by atoms with Crippen molar-refractivity contribution in [2.75, 3.05) is 13.2 Å². The van der Waals surface area contributed by atoms with Gasteiger partial charge in [-0.3, -0.25) is 0 Å². The van der Waals surface area contributed by atoms with Crippen molar-refractivity contribution in [1.29, 1.82) is 0 Å². The maximum Gasteiger partial charge on any atom is 0.137 e. The van der Waals surface area contributed by atoms with Crippen LogP contribution in [0.3, 0.4) is 0 Å². The average molecular weight is 268 g/mol. The minimum atomic E-state index is 0.460. The highest BCUT2D eigenvalue weighted by atomic mass is 35.5. The number of benzene rings is 1. The highest BCUT2D eigenvalue weighted by Gasteiger charge is 2.23. The summed E-state index contributed by atoms with van der Waals surface area (Å²) in [5.74, 6) is 1.96. The molecule has 18 heavy (non-hydrogen) atoms. The molecule has 0 aliphatic heterocycles. The van der Waals surface area contributed by atoms with Gasteiger partial charge in [0.25, 0.3) is 0 Å². The number of ether oxygens (including phenoxy) is 1. The third-order valence-electron chi connectivity index (χ3n) is 3.91. The molecule has 1 aromatic carbocycles. The predicted octanol–water partition coefficient (Wildman–Crippen LogP) is 3.87. The second-order valence-corrected chi connectivity index (χ2v) is 5.54. The van der Waals surface area contributed by atoms with E-state index in [1.54, 1.807) is 0 Å². The van der Waals surface area contributed by atoms with Gasteiger partial charge in [-0.25, -0.2) is 0 Å². The van der Waals surface area contributed by atoms with Crippen molar-refractivity contribution < 1.29 is 4.74 Å². The normalized spacial score (nSPS) is 18.6. The summed E-state index contributed by atoms with van der Waals surface area (Å²) >= 11 is 6.08. The summed E-state index contributed by atoms with van der Waals surface area (Å²) in [6.45, 7) is 1.39. The van der Waals surface area contributed by atoms with Crippen molar-refractivity contribution in [1.82, 2.24) is 0 Å². The maximum atomic E-state index is 6.08. The van der Waals surface area contributed by atoms with Crippen molar-refractivity contribution in [2.24, 2.45) is 17.6 Å². The Morgan fingerprint density at radius 2 is 1.94 bits per heavy atom. The second-order valence-electron chi connectivity index (χ2n) is 5.14. The molecule has 2 rings (SSSR count). The van der Waals surface area contributed by atoms with Crippen LogP contribution in [0.15, 0.2) is 24.3 Å². The first-order valence-electron chi connectivity index (χ1n) is 6.88. The van der Waals surface area contributed by atoms with Crippen molar-refractivity contribution in [2.45, 2.75) is 32.1 Å². The molecule has 2 N–H and O–H groups in total. The van der Waals surface area contributed by atoms with E-state index < -0.39 is 0 Å². The molecule has 0 radical (unpaired) electrons. The Bertz CT molecular complexity index is 363. The average Bonchev–Trinajstić information content (AvgIpc) is 2.42. The molecule has 1 fully saturated rings. The number of hydrogen-bond donors (Lipinski definition) is 1. The van der Waals surface area contributed by atoms with Gasteiger partial charge < -0.3 is 10.5 Å². The zero-order chi connectivity index (χ0) is 12.8.